The molecule has 1 saturated heterocycles. The summed E-state index contributed by atoms with van der Waals surface area (Å²) in [7, 11) is 0. The van der Waals surface area contributed by atoms with E-state index in [1.807, 2.05) is 29.2 Å². The van der Waals surface area contributed by atoms with Gasteiger partial charge in [-0.05, 0) is 61.4 Å². The van der Waals surface area contributed by atoms with Crippen molar-refractivity contribution in [2.24, 2.45) is 5.92 Å². The topological polar surface area (TPSA) is 76.4 Å². The van der Waals surface area contributed by atoms with Gasteiger partial charge < -0.3 is 15.1 Å². The van der Waals surface area contributed by atoms with Gasteiger partial charge in [0.2, 0.25) is 5.91 Å². The highest BCUT2D eigenvalue weighted by Crippen LogP contribution is 2.31. The number of nitriles is 1. The molecule has 0 spiro atoms. The zero-order valence-electron chi connectivity index (χ0n) is 15.6. The lowest BCUT2D eigenvalue weighted by molar-refractivity contribution is -0.132. The molecule has 0 radical (unpaired) electrons. The third-order valence-corrected chi connectivity index (χ3v) is 5.28. The zero-order chi connectivity index (χ0) is 19.5. The molecule has 1 heterocycles. The van der Waals surface area contributed by atoms with Crippen molar-refractivity contribution in [3.63, 3.8) is 0 Å². The van der Waals surface area contributed by atoms with Gasteiger partial charge in [-0.1, -0.05) is 0 Å². The summed E-state index contributed by atoms with van der Waals surface area (Å²) in [4.78, 5) is 28.8. The molecule has 6 heteroatoms. The normalized spacial score (nSPS) is 16.4. The van der Waals surface area contributed by atoms with Gasteiger partial charge in [-0.15, -0.1) is 0 Å². The van der Waals surface area contributed by atoms with Crippen LogP contribution in [0.25, 0.3) is 0 Å². The van der Waals surface area contributed by atoms with E-state index in [9.17, 15) is 9.59 Å². The minimum absolute atomic E-state index is 0.184. The van der Waals surface area contributed by atoms with Crippen molar-refractivity contribution in [1.82, 2.24) is 4.90 Å². The molecule has 2 amide bonds. The first-order valence-corrected chi connectivity index (χ1v) is 9.59. The predicted molar refractivity (Wildman–Crippen MR) is 107 cm³/mol. The Labute approximate surface area is 164 Å². The maximum atomic E-state index is 12.4. The van der Waals surface area contributed by atoms with E-state index < -0.39 is 0 Å². The number of carbonyl (C=O) groups is 2. The minimum Gasteiger partial charge on any atom is -0.368 e. The lowest BCUT2D eigenvalue weighted by Crippen LogP contribution is -2.49. The van der Waals surface area contributed by atoms with Gasteiger partial charge in [0.15, 0.2) is 0 Å². The Morgan fingerprint density at radius 2 is 1.57 bits per heavy atom. The maximum absolute atomic E-state index is 12.4. The molecular weight excluding hydrogens is 352 g/mol. The maximum Gasteiger partial charge on any atom is 0.255 e. The predicted octanol–water partition coefficient (Wildman–Crippen LogP) is 2.87. The number of hydrogen-bond donors (Lipinski definition) is 1. The first-order chi connectivity index (χ1) is 13.6. The van der Waals surface area contributed by atoms with Crippen LogP contribution in [0.3, 0.4) is 0 Å². The number of carbonyl (C=O) groups excluding carboxylic acids is 2. The van der Waals surface area contributed by atoms with Crippen molar-refractivity contribution in [2.45, 2.75) is 12.8 Å². The van der Waals surface area contributed by atoms with Crippen molar-refractivity contribution < 1.29 is 9.59 Å². The summed E-state index contributed by atoms with van der Waals surface area (Å²) >= 11 is 0. The van der Waals surface area contributed by atoms with E-state index in [2.05, 4.69) is 16.3 Å². The number of anilines is 2. The van der Waals surface area contributed by atoms with Crippen LogP contribution in [0.15, 0.2) is 48.5 Å². The Morgan fingerprint density at radius 3 is 2.14 bits per heavy atom. The summed E-state index contributed by atoms with van der Waals surface area (Å²) in [6.45, 7) is 3.15. The van der Waals surface area contributed by atoms with Gasteiger partial charge in [0.05, 0.1) is 11.6 Å². The second kappa shape index (κ2) is 7.73. The molecule has 0 unspecified atom stereocenters. The molecule has 2 aromatic rings. The number of hydrogen-bond acceptors (Lipinski definition) is 4. The van der Waals surface area contributed by atoms with E-state index in [0.29, 0.717) is 22.7 Å². The van der Waals surface area contributed by atoms with Gasteiger partial charge in [-0.2, -0.15) is 5.26 Å². The standard InChI is InChI=1S/C22H22N4O2/c23-15-16-1-7-19(8-2-16)24-21(27)17-5-9-20(10-6-17)25-11-13-26(14-12-25)22(28)18-3-4-18/h1-2,5-10,18H,3-4,11-14H2,(H,24,27). The SMILES string of the molecule is N#Cc1ccc(NC(=O)c2ccc(N3CCN(C(=O)C4CC4)CC3)cc2)cc1. The molecular formula is C22H22N4O2. The van der Waals surface area contributed by atoms with Crippen LogP contribution >= 0.6 is 0 Å². The molecule has 1 saturated carbocycles. The summed E-state index contributed by atoms with van der Waals surface area (Å²) < 4.78 is 0. The Hall–Kier alpha value is -3.33. The first-order valence-electron chi connectivity index (χ1n) is 9.59. The molecule has 0 bridgehead atoms. The Bertz CT molecular complexity index is 903. The summed E-state index contributed by atoms with van der Waals surface area (Å²) in [5.74, 6) is 0.408. The first kappa shape index (κ1) is 18.1. The fraction of sp³-hybridized carbons (Fsp3) is 0.318. The highest BCUT2D eigenvalue weighted by Gasteiger charge is 2.34. The monoisotopic (exact) mass is 374 g/mol. The molecule has 2 aromatic carbocycles. The van der Waals surface area contributed by atoms with Crippen LogP contribution in [0.2, 0.25) is 0 Å². The van der Waals surface area contributed by atoms with Crippen LogP contribution in [0.1, 0.15) is 28.8 Å². The molecule has 142 valence electrons. The van der Waals surface area contributed by atoms with Gasteiger partial charge in [0.25, 0.3) is 5.91 Å². The minimum atomic E-state index is -0.184. The van der Waals surface area contributed by atoms with E-state index >= 15 is 0 Å². The van der Waals surface area contributed by atoms with E-state index in [1.165, 1.54) is 0 Å². The lowest BCUT2D eigenvalue weighted by atomic mass is 10.1. The fourth-order valence-corrected chi connectivity index (χ4v) is 3.43. The van der Waals surface area contributed by atoms with E-state index in [1.54, 1.807) is 24.3 Å². The molecule has 2 aliphatic rings. The Morgan fingerprint density at radius 1 is 0.929 bits per heavy atom. The van der Waals surface area contributed by atoms with Crippen molar-refractivity contribution in [3.05, 3.63) is 59.7 Å². The molecule has 1 aliphatic carbocycles. The molecule has 1 N–H and O–H groups in total. The highest BCUT2D eigenvalue weighted by molar-refractivity contribution is 6.04. The summed E-state index contributed by atoms with van der Waals surface area (Å²) in [6.07, 6.45) is 2.09. The Kier molecular flexibility index (Phi) is 4.98. The van der Waals surface area contributed by atoms with E-state index in [-0.39, 0.29) is 11.8 Å². The third-order valence-electron chi connectivity index (χ3n) is 5.28. The molecule has 28 heavy (non-hydrogen) atoms. The van der Waals surface area contributed by atoms with Crippen LogP contribution in [-0.4, -0.2) is 42.9 Å². The molecule has 0 atom stereocenters. The van der Waals surface area contributed by atoms with Crippen molar-refractivity contribution >= 4 is 23.2 Å². The number of piperazine rings is 1. The van der Waals surface area contributed by atoms with Crippen LogP contribution < -0.4 is 10.2 Å². The van der Waals surface area contributed by atoms with Crippen LogP contribution in [0, 0.1) is 17.2 Å². The second-order valence-corrected chi connectivity index (χ2v) is 7.28. The van der Waals surface area contributed by atoms with E-state index in [0.717, 1.165) is 44.7 Å². The quantitative estimate of drug-likeness (QED) is 0.893. The van der Waals surface area contributed by atoms with Gasteiger partial charge in [-0.3, -0.25) is 9.59 Å². The van der Waals surface area contributed by atoms with Crippen molar-refractivity contribution in [1.29, 1.82) is 5.26 Å². The molecule has 2 fully saturated rings. The summed E-state index contributed by atoms with van der Waals surface area (Å²) in [6, 6.07) is 16.4. The molecule has 4 rings (SSSR count). The summed E-state index contributed by atoms with van der Waals surface area (Å²) in [5, 5.41) is 11.7. The summed E-state index contributed by atoms with van der Waals surface area (Å²) in [5.41, 5.74) is 2.86. The van der Waals surface area contributed by atoms with Crippen molar-refractivity contribution in [3.8, 4) is 6.07 Å². The van der Waals surface area contributed by atoms with E-state index in [4.69, 9.17) is 5.26 Å². The second-order valence-electron chi connectivity index (χ2n) is 7.28. The molecule has 0 aromatic heterocycles. The van der Waals surface area contributed by atoms with Gasteiger partial charge in [0.1, 0.15) is 0 Å². The number of nitrogens with zero attached hydrogens (tertiary/aromatic N) is 3. The van der Waals surface area contributed by atoms with Crippen molar-refractivity contribution in [2.75, 3.05) is 36.4 Å². The highest BCUT2D eigenvalue weighted by atomic mass is 16.2. The average Bonchev–Trinajstić information content (AvgIpc) is 3.59. The van der Waals surface area contributed by atoms with Crippen LogP contribution in [-0.2, 0) is 4.79 Å². The largest absolute Gasteiger partial charge is 0.368 e. The fourth-order valence-electron chi connectivity index (χ4n) is 3.43. The number of amides is 2. The average molecular weight is 374 g/mol. The lowest BCUT2D eigenvalue weighted by Gasteiger charge is -2.36. The number of rotatable bonds is 4. The van der Waals surface area contributed by atoms with Gasteiger partial charge in [0, 0.05) is 49.0 Å². The Balaban J connectivity index is 1.33. The number of nitrogens with one attached hydrogen (secondary N) is 1. The van der Waals surface area contributed by atoms with Crippen LogP contribution in [0.4, 0.5) is 11.4 Å². The zero-order valence-corrected chi connectivity index (χ0v) is 15.6. The molecule has 1 aliphatic heterocycles. The van der Waals surface area contributed by atoms with Gasteiger partial charge in [-0.25, -0.2) is 0 Å². The number of benzene rings is 2. The smallest absolute Gasteiger partial charge is 0.255 e. The molecule has 6 nitrogen and oxygen atoms in total. The van der Waals surface area contributed by atoms with Gasteiger partial charge >= 0.3 is 0 Å². The van der Waals surface area contributed by atoms with Crippen LogP contribution in [0.5, 0.6) is 0 Å². The third kappa shape index (κ3) is 3.99.